The summed E-state index contributed by atoms with van der Waals surface area (Å²) < 4.78 is 5.87. The molecule has 0 radical (unpaired) electrons. The SMILES string of the molecule is C#Cc1cc(C)c(Oc2ccccc2)c(C)c1. The van der Waals surface area contributed by atoms with E-state index in [9.17, 15) is 0 Å². The third kappa shape index (κ3) is 2.49. The predicted molar refractivity (Wildman–Crippen MR) is 70.4 cm³/mol. The smallest absolute Gasteiger partial charge is 0.133 e. The van der Waals surface area contributed by atoms with E-state index < -0.39 is 0 Å². The molecule has 1 nitrogen and oxygen atoms in total. The summed E-state index contributed by atoms with van der Waals surface area (Å²) in [5, 5.41) is 0. The Balaban J connectivity index is 2.38. The second-order valence-corrected chi connectivity index (χ2v) is 4.00. The maximum atomic E-state index is 5.87. The van der Waals surface area contributed by atoms with Crippen LogP contribution in [0.2, 0.25) is 0 Å². The molecule has 0 N–H and O–H groups in total. The molecule has 1 heteroatoms. The van der Waals surface area contributed by atoms with Crippen LogP contribution in [0, 0.1) is 26.2 Å². The van der Waals surface area contributed by atoms with E-state index in [4.69, 9.17) is 11.2 Å². The lowest BCUT2D eigenvalue weighted by molar-refractivity contribution is 0.475. The quantitative estimate of drug-likeness (QED) is 0.696. The standard InChI is InChI=1S/C16H14O/c1-4-14-10-12(2)16(13(3)11-14)17-15-8-6-5-7-9-15/h1,5-11H,2-3H3. The zero-order valence-electron chi connectivity index (χ0n) is 10.0. The minimum absolute atomic E-state index is 0.840. The number of para-hydroxylation sites is 1. The largest absolute Gasteiger partial charge is 0.457 e. The van der Waals surface area contributed by atoms with Crippen molar-refractivity contribution >= 4 is 0 Å². The lowest BCUT2D eigenvalue weighted by Gasteiger charge is -2.12. The van der Waals surface area contributed by atoms with Crippen molar-refractivity contribution in [3.05, 3.63) is 59.2 Å². The average Bonchev–Trinajstić information content (AvgIpc) is 2.35. The van der Waals surface area contributed by atoms with Crippen LogP contribution < -0.4 is 4.74 Å². The maximum Gasteiger partial charge on any atom is 0.133 e. The summed E-state index contributed by atoms with van der Waals surface area (Å²) in [6.45, 7) is 4.01. The van der Waals surface area contributed by atoms with Gasteiger partial charge in [0.25, 0.3) is 0 Å². The molecule has 2 rings (SSSR count). The van der Waals surface area contributed by atoms with E-state index in [1.54, 1.807) is 0 Å². The van der Waals surface area contributed by atoms with Crippen molar-refractivity contribution in [3.8, 4) is 23.8 Å². The van der Waals surface area contributed by atoms with E-state index >= 15 is 0 Å². The molecule has 0 heterocycles. The van der Waals surface area contributed by atoms with Crippen LogP contribution in [0.1, 0.15) is 16.7 Å². The predicted octanol–water partition coefficient (Wildman–Crippen LogP) is 4.08. The van der Waals surface area contributed by atoms with Gasteiger partial charge in [0.15, 0.2) is 0 Å². The normalized spacial score (nSPS) is 9.71. The highest BCUT2D eigenvalue weighted by molar-refractivity contribution is 5.49. The van der Waals surface area contributed by atoms with Crippen LogP contribution in [0.4, 0.5) is 0 Å². The van der Waals surface area contributed by atoms with E-state index in [2.05, 4.69) is 5.92 Å². The fourth-order valence-corrected chi connectivity index (χ4v) is 1.80. The fourth-order valence-electron chi connectivity index (χ4n) is 1.80. The van der Waals surface area contributed by atoms with Crippen molar-refractivity contribution in [2.75, 3.05) is 0 Å². The minimum atomic E-state index is 0.840. The molecule has 0 saturated heterocycles. The van der Waals surface area contributed by atoms with Crippen molar-refractivity contribution in [3.63, 3.8) is 0 Å². The lowest BCUT2D eigenvalue weighted by Crippen LogP contribution is -1.92. The Kier molecular flexibility index (Phi) is 3.16. The first-order valence-corrected chi connectivity index (χ1v) is 5.51. The number of hydrogen-bond acceptors (Lipinski definition) is 1. The van der Waals surface area contributed by atoms with E-state index in [0.717, 1.165) is 28.2 Å². The molecule has 2 aromatic carbocycles. The van der Waals surface area contributed by atoms with Gasteiger partial charge in [-0.05, 0) is 49.2 Å². The molecule has 2 aromatic rings. The van der Waals surface area contributed by atoms with Crippen molar-refractivity contribution in [2.24, 2.45) is 0 Å². The zero-order valence-corrected chi connectivity index (χ0v) is 10.0. The molecule has 0 amide bonds. The summed E-state index contributed by atoms with van der Waals surface area (Å²) >= 11 is 0. The number of hydrogen-bond donors (Lipinski definition) is 0. The molecule has 0 aliphatic rings. The Morgan fingerprint density at radius 1 is 1.00 bits per heavy atom. The van der Waals surface area contributed by atoms with Crippen molar-refractivity contribution in [1.82, 2.24) is 0 Å². The van der Waals surface area contributed by atoms with Gasteiger partial charge in [-0.1, -0.05) is 24.1 Å². The highest BCUT2D eigenvalue weighted by Gasteiger charge is 2.06. The van der Waals surface area contributed by atoms with Gasteiger partial charge in [0.2, 0.25) is 0 Å². The average molecular weight is 222 g/mol. The Morgan fingerprint density at radius 2 is 1.59 bits per heavy atom. The van der Waals surface area contributed by atoms with E-state index in [1.165, 1.54) is 0 Å². The number of terminal acetylenes is 1. The topological polar surface area (TPSA) is 9.23 Å². The molecule has 0 aliphatic heterocycles. The Morgan fingerprint density at radius 3 is 2.12 bits per heavy atom. The first-order chi connectivity index (χ1) is 8.20. The van der Waals surface area contributed by atoms with Crippen LogP contribution in [0.25, 0.3) is 0 Å². The van der Waals surface area contributed by atoms with Crippen molar-refractivity contribution in [2.45, 2.75) is 13.8 Å². The summed E-state index contributed by atoms with van der Waals surface area (Å²) in [4.78, 5) is 0. The van der Waals surface area contributed by atoms with Crippen LogP contribution >= 0.6 is 0 Å². The van der Waals surface area contributed by atoms with Gasteiger partial charge < -0.3 is 4.74 Å². The van der Waals surface area contributed by atoms with Crippen LogP contribution in [0.5, 0.6) is 11.5 Å². The van der Waals surface area contributed by atoms with Crippen LogP contribution in [0.15, 0.2) is 42.5 Å². The third-order valence-corrected chi connectivity index (χ3v) is 2.59. The monoisotopic (exact) mass is 222 g/mol. The number of rotatable bonds is 2. The lowest BCUT2D eigenvalue weighted by atomic mass is 10.1. The van der Waals surface area contributed by atoms with Crippen molar-refractivity contribution in [1.29, 1.82) is 0 Å². The van der Waals surface area contributed by atoms with Gasteiger partial charge >= 0.3 is 0 Å². The molecule has 0 aliphatic carbocycles. The van der Waals surface area contributed by atoms with Crippen molar-refractivity contribution < 1.29 is 4.74 Å². The first-order valence-electron chi connectivity index (χ1n) is 5.51. The Hall–Kier alpha value is -2.20. The van der Waals surface area contributed by atoms with Gasteiger partial charge in [-0.3, -0.25) is 0 Å². The van der Waals surface area contributed by atoms with Gasteiger partial charge in [-0.25, -0.2) is 0 Å². The van der Waals surface area contributed by atoms with E-state index in [-0.39, 0.29) is 0 Å². The van der Waals surface area contributed by atoms with Gasteiger partial charge in [0.05, 0.1) is 0 Å². The van der Waals surface area contributed by atoms with Crippen LogP contribution in [0.3, 0.4) is 0 Å². The van der Waals surface area contributed by atoms with Crippen LogP contribution in [-0.4, -0.2) is 0 Å². The maximum absolute atomic E-state index is 5.87. The molecule has 0 bridgehead atoms. The van der Waals surface area contributed by atoms with Gasteiger partial charge in [0.1, 0.15) is 11.5 Å². The highest BCUT2D eigenvalue weighted by atomic mass is 16.5. The molecule has 0 atom stereocenters. The molecule has 0 spiro atoms. The van der Waals surface area contributed by atoms with E-state index in [1.807, 2.05) is 56.3 Å². The molecular formula is C16H14O. The molecule has 17 heavy (non-hydrogen) atoms. The number of aryl methyl sites for hydroxylation is 2. The Labute approximate surface area is 102 Å². The second kappa shape index (κ2) is 4.76. The van der Waals surface area contributed by atoms with Gasteiger partial charge in [-0.2, -0.15) is 0 Å². The summed E-state index contributed by atoms with van der Waals surface area (Å²) in [7, 11) is 0. The third-order valence-electron chi connectivity index (χ3n) is 2.59. The Bertz CT molecular complexity index is 539. The molecule has 0 aromatic heterocycles. The summed E-state index contributed by atoms with van der Waals surface area (Å²) in [6, 6.07) is 13.7. The van der Waals surface area contributed by atoms with Crippen LogP contribution in [-0.2, 0) is 0 Å². The highest BCUT2D eigenvalue weighted by Crippen LogP contribution is 2.29. The fraction of sp³-hybridized carbons (Fsp3) is 0.125. The van der Waals surface area contributed by atoms with E-state index in [0.29, 0.717) is 0 Å². The number of benzene rings is 2. The zero-order chi connectivity index (χ0) is 12.3. The minimum Gasteiger partial charge on any atom is -0.457 e. The molecule has 0 fully saturated rings. The summed E-state index contributed by atoms with van der Waals surface area (Å²) in [6.07, 6.45) is 5.40. The van der Waals surface area contributed by atoms with Gasteiger partial charge in [0, 0.05) is 5.56 Å². The second-order valence-electron chi connectivity index (χ2n) is 4.00. The molecule has 0 unspecified atom stereocenters. The van der Waals surface area contributed by atoms with Gasteiger partial charge in [-0.15, -0.1) is 6.42 Å². The molecule has 0 saturated carbocycles. The first kappa shape index (κ1) is 11.3. The molecule has 84 valence electrons. The molecular weight excluding hydrogens is 208 g/mol. The summed E-state index contributed by atoms with van der Waals surface area (Å²) in [5.41, 5.74) is 3.00. The summed E-state index contributed by atoms with van der Waals surface area (Å²) in [5.74, 6) is 4.37. The number of ether oxygens (including phenoxy) is 1.